The maximum atomic E-state index is 13.4. The number of fused-ring (bicyclic) bond motifs is 4. The Labute approximate surface area is 500 Å². The second kappa shape index (κ2) is 23.8. The van der Waals surface area contributed by atoms with E-state index in [2.05, 4.69) is 41.5 Å². The monoisotopic (exact) mass is 1230 g/mol. The quantitative estimate of drug-likeness (QED) is 0.0878. The van der Waals surface area contributed by atoms with Gasteiger partial charge in [-0.25, -0.2) is 4.79 Å². The molecule has 0 radical (unpaired) electrons. The molecule has 1 spiro atoms. The molecule has 0 aromatic heterocycles. The summed E-state index contributed by atoms with van der Waals surface area (Å²) in [6.07, 6.45) is -36.5. The molecule has 11 rings (SSSR count). The van der Waals surface area contributed by atoms with Crippen LogP contribution in [-0.2, 0) is 52.2 Å². The van der Waals surface area contributed by atoms with Crippen molar-refractivity contribution in [2.24, 2.45) is 56.7 Å². The molecule has 35 atom stereocenters. The number of aliphatic hydroxyl groups is 14. The first-order chi connectivity index (χ1) is 40.3. The first kappa shape index (κ1) is 66.0. The van der Waals surface area contributed by atoms with Crippen LogP contribution in [0.5, 0.6) is 0 Å². The Kier molecular flexibility index (Phi) is 18.3. The van der Waals surface area contributed by atoms with Gasteiger partial charge in [0.1, 0.15) is 91.6 Å². The van der Waals surface area contributed by atoms with Crippen molar-refractivity contribution in [3.05, 3.63) is 0 Å². The molecule has 494 valence electrons. The first-order valence-electron chi connectivity index (χ1n) is 31.4. The highest BCUT2D eigenvalue weighted by Gasteiger charge is 2.76. The molecule has 0 amide bonds. The van der Waals surface area contributed by atoms with Crippen molar-refractivity contribution in [3.8, 4) is 0 Å². The van der Waals surface area contributed by atoms with Crippen molar-refractivity contribution in [1.29, 1.82) is 0 Å². The van der Waals surface area contributed by atoms with Crippen LogP contribution in [0.25, 0.3) is 0 Å². The maximum absolute atomic E-state index is 13.4. The predicted octanol–water partition coefficient (Wildman–Crippen LogP) is -2.11. The van der Waals surface area contributed by atoms with E-state index in [-0.39, 0.29) is 50.9 Å². The fourth-order valence-electron chi connectivity index (χ4n) is 19.4. The molecule has 11 fully saturated rings. The lowest BCUT2D eigenvalue weighted by atomic mass is 9.34. The standard InChI is InChI=1S/C60H98O26/c1-23-34(64)38(68)42(72)51(78-23)85-48-40(70)35(65)24(2)79-53(48)83-45-26(17-25(20-61)36(66)41(45)71)80-46-44(74)47(50(75)76)84-54(49(46)86-52-43(73)39(69)37(67)27(21-62)81-52)82-33-11-13-57(7)28(56(33,5)6)9-12-58(8)29(57)10-14-60-30(58)18-32(63)59(22-77-60)16-15-55(3,4)19-31(59)60/h23-49,51-54,61-74H,9-22H2,1-8H3,(H,75,76). The van der Waals surface area contributed by atoms with E-state index in [1.54, 1.807) is 0 Å². The highest BCUT2D eigenvalue weighted by atomic mass is 16.8. The SMILES string of the molecule is CC1OC(OC2C(OC3C(OC4C(O)C(C(=O)O)OC(OC5CCC6(C)C(CCC7(C)C6CCC68OCC9(CCC(C)(C)CC96)C(O)CC78)C5(C)C)C4OC4OC(CO)C(O)C(O)C4O)CC(CO)C(O)C3O)OC(C)C(O)C2O)C(O)C(O)C1O. The number of rotatable bonds is 13. The summed E-state index contributed by atoms with van der Waals surface area (Å²) >= 11 is 0. The Bertz CT molecular complexity index is 2390. The molecular formula is C60H98O26. The van der Waals surface area contributed by atoms with Crippen LogP contribution in [0.2, 0.25) is 0 Å². The molecule has 0 aromatic carbocycles. The number of carbonyl (C=O) groups is 1. The minimum absolute atomic E-state index is 0.0153. The van der Waals surface area contributed by atoms with E-state index >= 15 is 0 Å². The number of aliphatic hydroxyl groups excluding tert-OH is 14. The summed E-state index contributed by atoms with van der Waals surface area (Å²) in [5.74, 6) is -2.21. The zero-order valence-corrected chi connectivity index (χ0v) is 50.5. The second-order valence-corrected chi connectivity index (χ2v) is 29.8. The molecule has 26 nitrogen and oxygen atoms in total. The molecule has 86 heavy (non-hydrogen) atoms. The second-order valence-electron chi connectivity index (χ2n) is 29.8. The van der Waals surface area contributed by atoms with Gasteiger partial charge in [0, 0.05) is 17.9 Å². The molecule has 5 saturated heterocycles. The molecule has 5 aliphatic heterocycles. The Morgan fingerprint density at radius 3 is 1.72 bits per heavy atom. The minimum atomic E-state index is -2.22. The fourth-order valence-corrected chi connectivity index (χ4v) is 19.4. The Morgan fingerprint density at radius 2 is 1.06 bits per heavy atom. The molecule has 6 aliphatic carbocycles. The number of aliphatic carboxylic acids is 1. The van der Waals surface area contributed by atoms with Gasteiger partial charge in [-0.15, -0.1) is 0 Å². The van der Waals surface area contributed by atoms with E-state index in [1.165, 1.54) is 13.8 Å². The topological polar surface area (TPSA) is 413 Å². The Hall–Kier alpha value is -1.49. The molecule has 2 bridgehead atoms. The fraction of sp³-hybridized carbons (Fsp3) is 0.983. The van der Waals surface area contributed by atoms with Crippen molar-refractivity contribution >= 4 is 5.97 Å². The van der Waals surface area contributed by atoms with Crippen molar-refractivity contribution < 1.29 is 129 Å². The van der Waals surface area contributed by atoms with Crippen molar-refractivity contribution in [1.82, 2.24) is 0 Å². The van der Waals surface area contributed by atoms with Crippen molar-refractivity contribution in [3.63, 3.8) is 0 Å². The van der Waals surface area contributed by atoms with Crippen LogP contribution >= 0.6 is 0 Å². The Morgan fingerprint density at radius 1 is 0.488 bits per heavy atom. The van der Waals surface area contributed by atoms with Crippen LogP contribution in [-0.4, -0.2) is 267 Å². The van der Waals surface area contributed by atoms with Gasteiger partial charge in [-0.3, -0.25) is 0 Å². The van der Waals surface area contributed by atoms with Gasteiger partial charge >= 0.3 is 5.97 Å². The lowest BCUT2D eigenvalue weighted by Crippen LogP contribution is -2.70. The number of hydrogen-bond donors (Lipinski definition) is 15. The Balaban J connectivity index is 0.904. The summed E-state index contributed by atoms with van der Waals surface area (Å²) in [7, 11) is 0. The van der Waals surface area contributed by atoms with Crippen LogP contribution in [0.3, 0.4) is 0 Å². The van der Waals surface area contributed by atoms with Gasteiger partial charge in [0.05, 0.1) is 55.4 Å². The van der Waals surface area contributed by atoms with Gasteiger partial charge in [0.2, 0.25) is 0 Å². The van der Waals surface area contributed by atoms with Gasteiger partial charge in [-0.1, -0.05) is 41.5 Å². The number of ether oxygens (including phenoxy) is 10. The minimum Gasteiger partial charge on any atom is -0.479 e. The lowest BCUT2D eigenvalue weighted by molar-refractivity contribution is -0.390. The third-order valence-electron chi connectivity index (χ3n) is 24.3. The van der Waals surface area contributed by atoms with Crippen LogP contribution in [0.1, 0.15) is 126 Å². The molecule has 5 heterocycles. The van der Waals surface area contributed by atoms with E-state index < -0.39 is 196 Å². The summed E-state index contributed by atoms with van der Waals surface area (Å²) in [6.45, 7) is 15.4. The van der Waals surface area contributed by atoms with Crippen LogP contribution in [0, 0.1) is 56.7 Å². The highest BCUT2D eigenvalue weighted by Crippen LogP contribution is 2.77. The van der Waals surface area contributed by atoms with Gasteiger partial charge in [0.15, 0.2) is 31.3 Å². The molecule has 6 saturated carbocycles. The van der Waals surface area contributed by atoms with Gasteiger partial charge in [0.25, 0.3) is 0 Å². The normalized spacial score (nSPS) is 56.8. The first-order valence-corrected chi connectivity index (χ1v) is 31.4. The maximum Gasteiger partial charge on any atom is 0.335 e. The van der Waals surface area contributed by atoms with Crippen molar-refractivity contribution in [2.75, 3.05) is 19.8 Å². The van der Waals surface area contributed by atoms with Gasteiger partial charge in [-0.2, -0.15) is 0 Å². The zero-order chi connectivity index (χ0) is 62.4. The number of hydrogen-bond acceptors (Lipinski definition) is 25. The third-order valence-corrected chi connectivity index (χ3v) is 24.3. The van der Waals surface area contributed by atoms with Gasteiger partial charge in [-0.05, 0) is 130 Å². The van der Waals surface area contributed by atoms with Gasteiger partial charge < -0.3 is 124 Å². The average Bonchev–Trinajstić information content (AvgIpc) is 1.34. The molecule has 26 heteroatoms. The smallest absolute Gasteiger partial charge is 0.335 e. The van der Waals surface area contributed by atoms with Crippen LogP contribution in [0.15, 0.2) is 0 Å². The third kappa shape index (κ3) is 10.6. The highest BCUT2D eigenvalue weighted by molar-refractivity contribution is 5.73. The number of carboxylic acid groups (broad SMARTS) is 1. The summed E-state index contributed by atoms with van der Waals surface area (Å²) in [5.41, 5.74) is -1.54. The summed E-state index contributed by atoms with van der Waals surface area (Å²) < 4.78 is 63.5. The predicted molar refractivity (Wildman–Crippen MR) is 291 cm³/mol. The molecule has 0 aromatic rings. The lowest BCUT2D eigenvalue weighted by Gasteiger charge is -2.71. The average molecular weight is 1240 g/mol. The zero-order valence-electron chi connectivity index (χ0n) is 50.5. The molecular weight excluding hydrogens is 1140 g/mol. The van der Waals surface area contributed by atoms with E-state index in [0.717, 1.165) is 44.9 Å². The summed E-state index contributed by atoms with van der Waals surface area (Å²) in [6, 6.07) is 0. The van der Waals surface area contributed by atoms with E-state index in [9.17, 15) is 81.4 Å². The van der Waals surface area contributed by atoms with Crippen LogP contribution < -0.4 is 0 Å². The van der Waals surface area contributed by atoms with E-state index in [1.807, 2.05) is 0 Å². The summed E-state index contributed by atoms with van der Waals surface area (Å²) in [4.78, 5) is 13.4. The van der Waals surface area contributed by atoms with E-state index in [4.69, 9.17) is 47.4 Å². The molecule has 35 unspecified atom stereocenters. The largest absolute Gasteiger partial charge is 0.479 e. The van der Waals surface area contributed by atoms with E-state index in [0.29, 0.717) is 25.9 Å². The molecule has 15 N–H and O–H groups in total. The number of carboxylic acids is 1. The molecule has 11 aliphatic rings. The summed E-state index contributed by atoms with van der Waals surface area (Å²) in [5, 5.41) is 168. The van der Waals surface area contributed by atoms with Crippen molar-refractivity contribution in [2.45, 2.75) is 291 Å². The van der Waals surface area contributed by atoms with Crippen LogP contribution in [0.4, 0.5) is 0 Å².